The Hall–Kier alpha value is -0.900. The van der Waals surface area contributed by atoms with Gasteiger partial charge in [0, 0.05) is 13.7 Å². The third-order valence-electron chi connectivity index (χ3n) is 2.37. The van der Waals surface area contributed by atoms with Crippen LogP contribution >= 0.6 is 0 Å². The highest BCUT2D eigenvalue weighted by molar-refractivity contribution is 5.14. The van der Waals surface area contributed by atoms with Crippen molar-refractivity contribution in [3.05, 3.63) is 35.9 Å². The number of aliphatic hydroxyl groups excluding tert-OH is 1. The van der Waals surface area contributed by atoms with E-state index in [1.165, 1.54) is 5.56 Å². The van der Waals surface area contributed by atoms with Crippen molar-refractivity contribution in [2.24, 2.45) is 0 Å². The second-order valence-corrected chi connectivity index (χ2v) is 3.99. The number of nitrogens with one attached hydrogen (secondary N) is 1. The van der Waals surface area contributed by atoms with Gasteiger partial charge >= 0.3 is 0 Å². The molecule has 0 saturated carbocycles. The molecule has 0 aliphatic rings. The number of rotatable bonds is 6. The van der Waals surface area contributed by atoms with E-state index in [2.05, 4.69) is 17.4 Å². The van der Waals surface area contributed by atoms with Crippen molar-refractivity contribution in [3.63, 3.8) is 0 Å². The minimum Gasteiger partial charge on any atom is -0.394 e. The summed E-state index contributed by atoms with van der Waals surface area (Å²) in [4.78, 5) is 0. The van der Waals surface area contributed by atoms with Crippen molar-refractivity contribution in [1.82, 2.24) is 5.32 Å². The van der Waals surface area contributed by atoms with Crippen LogP contribution in [0.4, 0.5) is 0 Å². The van der Waals surface area contributed by atoms with Gasteiger partial charge in [-0.25, -0.2) is 0 Å². The van der Waals surface area contributed by atoms with Crippen molar-refractivity contribution < 1.29 is 9.84 Å². The molecule has 1 atom stereocenters. The fraction of sp³-hybridized carbons (Fsp3) is 0.500. The Bertz CT molecular complexity index is 276. The first kappa shape index (κ1) is 12.2. The average molecular weight is 209 g/mol. The van der Waals surface area contributed by atoms with Gasteiger partial charge in [-0.15, -0.1) is 0 Å². The van der Waals surface area contributed by atoms with Crippen molar-refractivity contribution in [2.45, 2.75) is 19.0 Å². The molecule has 1 aromatic rings. The van der Waals surface area contributed by atoms with E-state index in [-0.39, 0.29) is 12.1 Å². The lowest BCUT2D eigenvalue weighted by molar-refractivity contribution is 0.0722. The molecule has 15 heavy (non-hydrogen) atoms. The third kappa shape index (κ3) is 4.00. The molecule has 0 amide bonds. The molecule has 1 aromatic carbocycles. The highest BCUT2D eigenvalue weighted by Gasteiger charge is 2.21. The molecule has 0 aliphatic carbocycles. The zero-order chi connectivity index (χ0) is 11.1. The van der Waals surface area contributed by atoms with E-state index >= 15 is 0 Å². The van der Waals surface area contributed by atoms with Crippen LogP contribution in [0.5, 0.6) is 0 Å². The summed E-state index contributed by atoms with van der Waals surface area (Å²) >= 11 is 0. The highest BCUT2D eigenvalue weighted by atomic mass is 16.5. The van der Waals surface area contributed by atoms with Crippen LogP contribution in [0.2, 0.25) is 0 Å². The summed E-state index contributed by atoms with van der Waals surface area (Å²) in [6, 6.07) is 10.1. The highest BCUT2D eigenvalue weighted by Crippen LogP contribution is 2.06. The molecular weight excluding hydrogens is 190 g/mol. The molecule has 1 unspecified atom stereocenters. The van der Waals surface area contributed by atoms with Gasteiger partial charge in [0.1, 0.15) is 0 Å². The standard InChI is InChI=1S/C12H19NO2/c1-12(9-14,10-15-2)13-8-11-6-4-3-5-7-11/h3-7,13-14H,8-10H2,1-2H3. The van der Waals surface area contributed by atoms with Crippen molar-refractivity contribution >= 4 is 0 Å². The Kier molecular flexibility index (Phi) is 4.75. The Morgan fingerprint density at radius 3 is 2.53 bits per heavy atom. The van der Waals surface area contributed by atoms with E-state index in [1.807, 2.05) is 25.1 Å². The van der Waals surface area contributed by atoms with Crippen LogP contribution in [0.1, 0.15) is 12.5 Å². The fourth-order valence-corrected chi connectivity index (χ4v) is 1.38. The fourth-order valence-electron chi connectivity index (χ4n) is 1.38. The molecule has 0 aromatic heterocycles. The summed E-state index contributed by atoms with van der Waals surface area (Å²) < 4.78 is 5.06. The summed E-state index contributed by atoms with van der Waals surface area (Å²) in [6.45, 7) is 3.24. The van der Waals surface area contributed by atoms with E-state index < -0.39 is 0 Å². The predicted octanol–water partition coefficient (Wildman–Crippen LogP) is 1.17. The van der Waals surface area contributed by atoms with E-state index in [0.717, 1.165) is 6.54 Å². The topological polar surface area (TPSA) is 41.5 Å². The average Bonchev–Trinajstić information content (AvgIpc) is 2.28. The molecule has 3 heteroatoms. The minimum absolute atomic E-state index is 0.0632. The zero-order valence-electron chi connectivity index (χ0n) is 9.36. The van der Waals surface area contributed by atoms with Crippen LogP contribution in [0, 0.1) is 0 Å². The van der Waals surface area contributed by atoms with E-state index in [9.17, 15) is 5.11 Å². The molecule has 0 aliphatic heterocycles. The summed E-state index contributed by atoms with van der Waals surface area (Å²) in [6.07, 6.45) is 0. The van der Waals surface area contributed by atoms with Gasteiger partial charge in [-0.1, -0.05) is 30.3 Å². The maximum absolute atomic E-state index is 9.25. The van der Waals surface area contributed by atoms with Crippen molar-refractivity contribution in [1.29, 1.82) is 0 Å². The van der Waals surface area contributed by atoms with Gasteiger partial charge in [-0.3, -0.25) is 0 Å². The van der Waals surface area contributed by atoms with Crippen LogP contribution < -0.4 is 5.32 Å². The lowest BCUT2D eigenvalue weighted by Crippen LogP contribution is -2.49. The zero-order valence-corrected chi connectivity index (χ0v) is 9.36. The molecule has 0 heterocycles. The molecule has 2 N–H and O–H groups in total. The van der Waals surface area contributed by atoms with Crippen LogP contribution in [-0.2, 0) is 11.3 Å². The molecule has 0 fully saturated rings. The van der Waals surface area contributed by atoms with E-state index in [0.29, 0.717) is 6.61 Å². The lowest BCUT2D eigenvalue weighted by Gasteiger charge is -2.28. The second kappa shape index (κ2) is 5.85. The molecular formula is C12H19NO2. The Morgan fingerprint density at radius 2 is 2.00 bits per heavy atom. The molecule has 0 bridgehead atoms. The van der Waals surface area contributed by atoms with E-state index in [4.69, 9.17) is 4.74 Å². The molecule has 3 nitrogen and oxygen atoms in total. The van der Waals surface area contributed by atoms with Gasteiger partial charge in [0.15, 0.2) is 0 Å². The molecule has 0 saturated heterocycles. The molecule has 0 spiro atoms. The summed E-state index contributed by atoms with van der Waals surface area (Å²) in [7, 11) is 1.64. The van der Waals surface area contributed by atoms with Crippen LogP contribution in [-0.4, -0.2) is 31.0 Å². The maximum Gasteiger partial charge on any atom is 0.0664 e. The maximum atomic E-state index is 9.25. The van der Waals surface area contributed by atoms with Crippen molar-refractivity contribution in [3.8, 4) is 0 Å². The van der Waals surface area contributed by atoms with Crippen LogP contribution in [0.25, 0.3) is 0 Å². The van der Waals surface area contributed by atoms with Gasteiger partial charge < -0.3 is 15.2 Å². The first-order chi connectivity index (χ1) is 7.20. The van der Waals surface area contributed by atoms with Gasteiger partial charge in [0.05, 0.1) is 18.8 Å². The van der Waals surface area contributed by atoms with Gasteiger partial charge in [0.2, 0.25) is 0 Å². The number of hydrogen-bond acceptors (Lipinski definition) is 3. The normalized spacial score (nSPS) is 14.9. The number of ether oxygens (including phenoxy) is 1. The van der Waals surface area contributed by atoms with Crippen molar-refractivity contribution in [2.75, 3.05) is 20.3 Å². The third-order valence-corrected chi connectivity index (χ3v) is 2.37. The molecule has 1 rings (SSSR count). The largest absolute Gasteiger partial charge is 0.394 e. The number of methoxy groups -OCH3 is 1. The summed E-state index contributed by atoms with van der Waals surface area (Å²) in [5.74, 6) is 0. The van der Waals surface area contributed by atoms with Gasteiger partial charge in [-0.2, -0.15) is 0 Å². The first-order valence-electron chi connectivity index (χ1n) is 5.09. The SMILES string of the molecule is COCC(C)(CO)NCc1ccccc1. The van der Waals surface area contributed by atoms with Gasteiger partial charge in [0.25, 0.3) is 0 Å². The van der Waals surface area contributed by atoms with Crippen LogP contribution in [0.15, 0.2) is 30.3 Å². The van der Waals surface area contributed by atoms with Crippen LogP contribution in [0.3, 0.4) is 0 Å². The number of aliphatic hydroxyl groups is 1. The second-order valence-electron chi connectivity index (χ2n) is 3.99. The monoisotopic (exact) mass is 209 g/mol. The minimum atomic E-state index is -0.370. The number of hydrogen-bond donors (Lipinski definition) is 2. The Balaban J connectivity index is 2.47. The predicted molar refractivity (Wildman–Crippen MR) is 60.6 cm³/mol. The molecule has 0 radical (unpaired) electrons. The lowest BCUT2D eigenvalue weighted by atomic mass is 10.0. The number of benzene rings is 1. The quantitative estimate of drug-likeness (QED) is 0.739. The van der Waals surface area contributed by atoms with Gasteiger partial charge in [-0.05, 0) is 12.5 Å². The summed E-state index contributed by atoms with van der Waals surface area (Å²) in [5.41, 5.74) is 0.832. The molecule has 84 valence electrons. The first-order valence-corrected chi connectivity index (χ1v) is 5.09. The van der Waals surface area contributed by atoms with E-state index in [1.54, 1.807) is 7.11 Å². The Morgan fingerprint density at radius 1 is 1.33 bits per heavy atom. The summed E-state index contributed by atoms with van der Waals surface area (Å²) in [5, 5.41) is 12.5. The Labute approximate surface area is 91.1 Å². The smallest absolute Gasteiger partial charge is 0.0664 e.